The van der Waals surface area contributed by atoms with Crippen molar-refractivity contribution in [3.05, 3.63) is 78.6 Å². The van der Waals surface area contributed by atoms with E-state index in [9.17, 15) is 5.11 Å². The second-order valence-electron chi connectivity index (χ2n) is 6.97. The Kier molecular flexibility index (Phi) is 6.91. The van der Waals surface area contributed by atoms with Gasteiger partial charge in [0.25, 0.3) is 0 Å². The summed E-state index contributed by atoms with van der Waals surface area (Å²) in [6.07, 6.45) is 17.1. The van der Waals surface area contributed by atoms with Crippen LogP contribution in [0.2, 0.25) is 0 Å². The van der Waals surface area contributed by atoms with Gasteiger partial charge in [-0.3, -0.25) is 0 Å². The van der Waals surface area contributed by atoms with E-state index in [-0.39, 0.29) is 25.0 Å². The largest absolute Gasteiger partial charge is 0.488 e. The van der Waals surface area contributed by atoms with Crippen LogP contribution in [0.3, 0.4) is 0 Å². The SMILES string of the molecule is CC(Oc1ccc(C2C=CC=CC2)cc1)C(C)OC1C=CC=CN1CCO. The number of hydrogen-bond acceptors (Lipinski definition) is 4. The van der Waals surface area contributed by atoms with Crippen LogP contribution in [0, 0.1) is 0 Å². The minimum Gasteiger partial charge on any atom is -0.488 e. The van der Waals surface area contributed by atoms with Crippen molar-refractivity contribution in [2.45, 2.75) is 44.6 Å². The van der Waals surface area contributed by atoms with Gasteiger partial charge in [-0.05, 0) is 50.1 Å². The van der Waals surface area contributed by atoms with Crippen molar-refractivity contribution in [2.75, 3.05) is 13.2 Å². The number of ether oxygens (including phenoxy) is 2. The van der Waals surface area contributed by atoms with Crippen molar-refractivity contribution in [3.8, 4) is 5.75 Å². The number of aliphatic hydroxyl groups is 1. The molecule has 1 aliphatic carbocycles. The fourth-order valence-corrected chi connectivity index (χ4v) is 3.22. The highest BCUT2D eigenvalue weighted by Gasteiger charge is 2.22. The predicted octanol–water partition coefficient (Wildman–Crippen LogP) is 4.16. The zero-order chi connectivity index (χ0) is 19.1. The van der Waals surface area contributed by atoms with Crippen molar-refractivity contribution in [1.29, 1.82) is 0 Å². The summed E-state index contributed by atoms with van der Waals surface area (Å²) >= 11 is 0. The Bertz CT molecular complexity index is 705. The lowest BCUT2D eigenvalue weighted by Crippen LogP contribution is -2.40. The second-order valence-corrected chi connectivity index (χ2v) is 6.97. The molecule has 0 saturated heterocycles. The summed E-state index contributed by atoms with van der Waals surface area (Å²) in [6, 6.07) is 8.34. The molecular weight excluding hydrogens is 338 g/mol. The van der Waals surface area contributed by atoms with Crippen LogP contribution in [0.1, 0.15) is 31.7 Å². The first-order valence-electron chi connectivity index (χ1n) is 9.64. The lowest BCUT2D eigenvalue weighted by atomic mass is 9.93. The Hall–Kier alpha value is -2.30. The molecular formula is C23H29NO3. The Morgan fingerprint density at radius 1 is 1.04 bits per heavy atom. The van der Waals surface area contributed by atoms with Gasteiger partial charge in [-0.1, -0.05) is 42.5 Å². The lowest BCUT2D eigenvalue weighted by molar-refractivity contribution is -0.0863. The first kappa shape index (κ1) is 19.5. The molecule has 0 radical (unpaired) electrons. The van der Waals surface area contributed by atoms with Gasteiger partial charge < -0.3 is 19.5 Å². The van der Waals surface area contributed by atoms with E-state index in [0.717, 1.165) is 12.2 Å². The van der Waals surface area contributed by atoms with Crippen LogP contribution < -0.4 is 4.74 Å². The van der Waals surface area contributed by atoms with E-state index in [1.807, 2.05) is 55.3 Å². The fourth-order valence-electron chi connectivity index (χ4n) is 3.22. The van der Waals surface area contributed by atoms with Crippen LogP contribution in [-0.2, 0) is 4.74 Å². The minimum atomic E-state index is -0.184. The molecule has 0 spiro atoms. The summed E-state index contributed by atoms with van der Waals surface area (Å²) < 4.78 is 12.2. The maximum absolute atomic E-state index is 9.20. The molecule has 4 atom stereocenters. The Balaban J connectivity index is 1.54. The highest BCUT2D eigenvalue weighted by atomic mass is 16.6. The standard InChI is InChI=1S/C23H29NO3/c1-18(19(2)27-23-10-6-7-15-24(23)16-17-25)26-22-13-11-21(12-14-22)20-8-4-3-5-9-20/h3-8,10-15,18-20,23,25H,9,16-17H2,1-2H3. The zero-order valence-electron chi connectivity index (χ0n) is 16.1. The van der Waals surface area contributed by atoms with Crippen LogP contribution >= 0.6 is 0 Å². The van der Waals surface area contributed by atoms with E-state index < -0.39 is 0 Å². The van der Waals surface area contributed by atoms with Gasteiger partial charge in [-0.15, -0.1) is 0 Å². The quantitative estimate of drug-likeness (QED) is 0.749. The first-order chi connectivity index (χ1) is 13.2. The Labute approximate surface area is 162 Å². The monoisotopic (exact) mass is 367 g/mol. The van der Waals surface area contributed by atoms with Crippen LogP contribution in [0.5, 0.6) is 5.75 Å². The summed E-state index contributed by atoms with van der Waals surface area (Å²) in [5, 5.41) is 9.20. The molecule has 3 rings (SSSR count). The molecule has 1 N–H and O–H groups in total. The lowest BCUT2D eigenvalue weighted by Gasteiger charge is -2.33. The highest BCUT2D eigenvalue weighted by Crippen LogP contribution is 2.27. The molecule has 144 valence electrons. The van der Waals surface area contributed by atoms with Crippen molar-refractivity contribution in [2.24, 2.45) is 0 Å². The molecule has 27 heavy (non-hydrogen) atoms. The van der Waals surface area contributed by atoms with Gasteiger partial charge in [0.2, 0.25) is 0 Å². The summed E-state index contributed by atoms with van der Waals surface area (Å²) in [5.74, 6) is 1.30. The molecule has 4 unspecified atom stereocenters. The molecule has 0 bridgehead atoms. The number of aliphatic hydroxyl groups excluding tert-OH is 1. The van der Waals surface area contributed by atoms with Gasteiger partial charge >= 0.3 is 0 Å². The van der Waals surface area contributed by atoms with Crippen LogP contribution in [0.25, 0.3) is 0 Å². The average Bonchev–Trinajstić information content (AvgIpc) is 2.71. The van der Waals surface area contributed by atoms with Gasteiger partial charge in [0, 0.05) is 18.7 Å². The number of rotatable bonds is 8. The molecule has 1 heterocycles. The third-order valence-electron chi connectivity index (χ3n) is 4.98. The number of β-amino-alcohol motifs (C(OH)–C–C–N with tert-alkyl or cyclic N) is 1. The fraction of sp³-hybridized carbons (Fsp3) is 0.391. The maximum atomic E-state index is 9.20. The van der Waals surface area contributed by atoms with E-state index in [2.05, 4.69) is 36.4 Å². The summed E-state index contributed by atoms with van der Waals surface area (Å²) in [6.45, 7) is 4.67. The van der Waals surface area contributed by atoms with Crippen molar-refractivity contribution in [1.82, 2.24) is 4.90 Å². The van der Waals surface area contributed by atoms with E-state index in [0.29, 0.717) is 12.5 Å². The third-order valence-corrected chi connectivity index (χ3v) is 4.98. The summed E-state index contributed by atoms with van der Waals surface area (Å²) in [4.78, 5) is 1.98. The van der Waals surface area contributed by atoms with Gasteiger partial charge in [0.05, 0.1) is 12.7 Å². The van der Waals surface area contributed by atoms with Crippen molar-refractivity contribution in [3.63, 3.8) is 0 Å². The molecule has 1 aliphatic heterocycles. The molecule has 2 aliphatic rings. The minimum absolute atomic E-state index is 0.0938. The van der Waals surface area contributed by atoms with E-state index in [4.69, 9.17) is 9.47 Å². The number of allylic oxidation sites excluding steroid dienone is 6. The Morgan fingerprint density at radius 3 is 2.52 bits per heavy atom. The molecule has 1 aromatic carbocycles. The van der Waals surface area contributed by atoms with Crippen LogP contribution in [-0.4, -0.2) is 41.6 Å². The summed E-state index contributed by atoms with van der Waals surface area (Å²) in [7, 11) is 0. The van der Waals surface area contributed by atoms with Crippen molar-refractivity contribution < 1.29 is 14.6 Å². The number of nitrogens with zero attached hydrogens (tertiary/aromatic N) is 1. The predicted molar refractivity (Wildman–Crippen MR) is 109 cm³/mol. The molecule has 0 aromatic heterocycles. The van der Waals surface area contributed by atoms with Crippen molar-refractivity contribution >= 4 is 0 Å². The van der Waals surface area contributed by atoms with Gasteiger partial charge in [0.15, 0.2) is 0 Å². The molecule has 4 heteroatoms. The van der Waals surface area contributed by atoms with Crippen LogP contribution in [0.15, 0.2) is 73.0 Å². The van der Waals surface area contributed by atoms with Gasteiger partial charge in [-0.2, -0.15) is 0 Å². The van der Waals surface area contributed by atoms with Gasteiger partial charge in [-0.25, -0.2) is 0 Å². The summed E-state index contributed by atoms with van der Waals surface area (Å²) in [5.41, 5.74) is 1.30. The van der Waals surface area contributed by atoms with Gasteiger partial charge in [0.1, 0.15) is 18.1 Å². The average molecular weight is 367 g/mol. The topological polar surface area (TPSA) is 41.9 Å². The first-order valence-corrected chi connectivity index (χ1v) is 9.64. The molecule has 0 fully saturated rings. The Morgan fingerprint density at radius 2 is 1.81 bits per heavy atom. The highest BCUT2D eigenvalue weighted by molar-refractivity contribution is 5.33. The van der Waals surface area contributed by atoms with E-state index >= 15 is 0 Å². The maximum Gasteiger partial charge on any atom is 0.149 e. The van der Waals surface area contributed by atoms with Crippen LogP contribution in [0.4, 0.5) is 0 Å². The number of hydrogen-bond donors (Lipinski definition) is 1. The number of benzene rings is 1. The normalized spacial score (nSPS) is 23.4. The smallest absolute Gasteiger partial charge is 0.149 e. The molecule has 0 saturated carbocycles. The third kappa shape index (κ3) is 5.34. The second kappa shape index (κ2) is 9.58. The van der Waals surface area contributed by atoms with E-state index in [1.165, 1.54) is 5.56 Å². The van der Waals surface area contributed by atoms with E-state index in [1.54, 1.807) is 0 Å². The molecule has 0 amide bonds. The zero-order valence-corrected chi connectivity index (χ0v) is 16.1. The molecule has 4 nitrogen and oxygen atoms in total. The molecule has 1 aromatic rings.